The minimum atomic E-state index is 0.539. The predicted molar refractivity (Wildman–Crippen MR) is 242 cm³/mol. The zero-order valence-corrected chi connectivity index (χ0v) is 32.2. The number of aromatic nitrogens is 5. The Morgan fingerprint density at radius 3 is 1.88 bits per heavy atom. The maximum atomic E-state index is 9.61. The Morgan fingerprint density at radius 2 is 1.07 bits per heavy atom. The summed E-state index contributed by atoms with van der Waals surface area (Å²) in [7, 11) is 0. The first kappa shape index (κ1) is 33.2. The summed E-state index contributed by atoms with van der Waals surface area (Å²) < 4.78 is 7.07. The van der Waals surface area contributed by atoms with Crippen LogP contribution in [0.4, 0.5) is 0 Å². The van der Waals surface area contributed by atoms with Crippen molar-refractivity contribution >= 4 is 75.1 Å². The van der Waals surface area contributed by atoms with Crippen molar-refractivity contribution in [3.8, 4) is 51.6 Å². The maximum Gasteiger partial charge on any atom is 0.238 e. The molecule has 0 amide bonds. The van der Waals surface area contributed by atoms with E-state index in [9.17, 15) is 5.26 Å². The zero-order chi connectivity index (χ0) is 39.0. The molecule has 0 aliphatic carbocycles. The highest BCUT2D eigenvalue weighted by Crippen LogP contribution is 2.42. The van der Waals surface area contributed by atoms with Crippen LogP contribution >= 0.6 is 11.3 Å². The second-order valence-electron chi connectivity index (χ2n) is 14.8. The van der Waals surface area contributed by atoms with Crippen LogP contribution in [0.2, 0.25) is 0 Å². The average Bonchev–Trinajstić information content (AvgIpc) is 3.97. The summed E-state index contributed by atoms with van der Waals surface area (Å²) in [6, 6.07) is 65.5. The molecular formula is C52H30N6S. The lowest BCUT2D eigenvalue weighted by Gasteiger charge is -2.12. The molecule has 12 aromatic rings. The van der Waals surface area contributed by atoms with Crippen molar-refractivity contribution in [2.45, 2.75) is 0 Å². The molecule has 0 fully saturated rings. The van der Waals surface area contributed by atoms with Crippen molar-refractivity contribution < 1.29 is 0 Å². The quantitative estimate of drug-likeness (QED) is 0.175. The van der Waals surface area contributed by atoms with Gasteiger partial charge in [0.15, 0.2) is 11.6 Å². The van der Waals surface area contributed by atoms with Crippen LogP contribution in [-0.4, -0.2) is 24.1 Å². The largest absolute Gasteiger partial charge is 0.309 e. The highest BCUT2D eigenvalue weighted by atomic mass is 32.1. The van der Waals surface area contributed by atoms with Gasteiger partial charge in [-0.2, -0.15) is 15.2 Å². The predicted octanol–water partition coefficient (Wildman–Crippen LogP) is 13.3. The molecule has 0 saturated carbocycles. The molecule has 0 unspecified atom stereocenters. The van der Waals surface area contributed by atoms with E-state index < -0.39 is 0 Å². The summed E-state index contributed by atoms with van der Waals surface area (Å²) >= 11 is 1.83. The Hall–Kier alpha value is -7.92. The van der Waals surface area contributed by atoms with Crippen LogP contribution in [0, 0.1) is 11.3 Å². The highest BCUT2D eigenvalue weighted by molar-refractivity contribution is 7.25. The van der Waals surface area contributed by atoms with Crippen LogP contribution < -0.4 is 0 Å². The van der Waals surface area contributed by atoms with E-state index in [1.165, 1.54) is 20.2 Å². The van der Waals surface area contributed by atoms with Gasteiger partial charge in [0.05, 0.1) is 33.7 Å². The molecule has 7 heteroatoms. The second kappa shape index (κ2) is 13.1. The molecule has 6 nitrogen and oxygen atoms in total. The van der Waals surface area contributed by atoms with Crippen molar-refractivity contribution in [3.05, 3.63) is 188 Å². The molecular weight excluding hydrogens is 741 g/mol. The molecule has 0 aliphatic heterocycles. The number of nitriles is 1. The number of rotatable bonds is 5. The molecule has 0 spiro atoms. The molecule has 0 atom stereocenters. The fourth-order valence-corrected chi connectivity index (χ4v) is 9.82. The topological polar surface area (TPSA) is 72.3 Å². The van der Waals surface area contributed by atoms with Crippen LogP contribution in [0.5, 0.6) is 0 Å². The molecule has 0 N–H and O–H groups in total. The fraction of sp³-hybridized carbons (Fsp3) is 0. The fourth-order valence-electron chi connectivity index (χ4n) is 8.73. The lowest BCUT2D eigenvalue weighted by molar-refractivity contribution is 0.953. The van der Waals surface area contributed by atoms with Gasteiger partial charge >= 0.3 is 0 Å². The van der Waals surface area contributed by atoms with Gasteiger partial charge in [-0.3, -0.25) is 4.57 Å². The van der Waals surface area contributed by atoms with E-state index in [1.807, 2.05) is 65.9 Å². The van der Waals surface area contributed by atoms with E-state index in [0.717, 1.165) is 71.6 Å². The molecule has 4 heterocycles. The maximum absolute atomic E-state index is 9.61. The van der Waals surface area contributed by atoms with Gasteiger partial charge in [0, 0.05) is 58.5 Å². The van der Waals surface area contributed by atoms with Crippen LogP contribution in [0.25, 0.3) is 109 Å². The lowest BCUT2D eigenvalue weighted by atomic mass is 10.0. The number of nitrogens with zero attached hydrogens (tertiary/aromatic N) is 6. The molecule has 8 aromatic carbocycles. The van der Waals surface area contributed by atoms with Crippen LogP contribution in [0.15, 0.2) is 182 Å². The first-order valence-corrected chi connectivity index (χ1v) is 20.3. The van der Waals surface area contributed by atoms with Gasteiger partial charge in [0.25, 0.3) is 0 Å². The number of hydrogen-bond acceptors (Lipinski definition) is 5. The van der Waals surface area contributed by atoms with Gasteiger partial charge in [-0.15, -0.1) is 11.3 Å². The van der Waals surface area contributed by atoms with Crippen LogP contribution in [0.3, 0.4) is 0 Å². The SMILES string of the molecule is N#Cc1ccc(-n2c3ccccc3c3ccc4c(c5ccccc5n4-c4nc(-c5ccccc5)nc(-c5cccc(-c6ccc7sc8ccccc8c7c6)c5)n4)c32)cc1. The van der Waals surface area contributed by atoms with Crippen molar-refractivity contribution in [2.24, 2.45) is 0 Å². The zero-order valence-electron chi connectivity index (χ0n) is 31.4. The normalized spacial score (nSPS) is 11.7. The Kier molecular flexibility index (Phi) is 7.36. The van der Waals surface area contributed by atoms with Crippen molar-refractivity contribution in [3.63, 3.8) is 0 Å². The molecule has 0 aliphatic rings. The van der Waals surface area contributed by atoms with E-state index in [2.05, 4.69) is 143 Å². The summed E-state index contributed by atoms with van der Waals surface area (Å²) in [4.78, 5) is 15.7. The Balaban J connectivity index is 1.10. The minimum absolute atomic E-state index is 0.539. The average molecular weight is 771 g/mol. The monoisotopic (exact) mass is 770 g/mol. The molecule has 274 valence electrons. The third-order valence-corrected chi connectivity index (χ3v) is 12.6. The van der Waals surface area contributed by atoms with E-state index in [0.29, 0.717) is 23.2 Å². The van der Waals surface area contributed by atoms with Crippen LogP contribution in [0.1, 0.15) is 5.56 Å². The molecule has 0 radical (unpaired) electrons. The Morgan fingerprint density at radius 1 is 0.424 bits per heavy atom. The highest BCUT2D eigenvalue weighted by Gasteiger charge is 2.23. The molecule has 4 aromatic heterocycles. The lowest BCUT2D eigenvalue weighted by Crippen LogP contribution is -2.06. The number of hydrogen-bond donors (Lipinski definition) is 0. The summed E-state index contributed by atoms with van der Waals surface area (Å²) in [5.41, 5.74) is 9.82. The second-order valence-corrected chi connectivity index (χ2v) is 15.8. The van der Waals surface area contributed by atoms with Crippen molar-refractivity contribution in [1.29, 1.82) is 5.26 Å². The Labute approximate surface area is 342 Å². The molecule has 59 heavy (non-hydrogen) atoms. The summed E-state index contributed by atoms with van der Waals surface area (Å²) in [5, 5.41) is 16.6. The van der Waals surface area contributed by atoms with E-state index in [1.54, 1.807) is 0 Å². The summed E-state index contributed by atoms with van der Waals surface area (Å²) in [5.74, 6) is 1.73. The number of thiophene rings is 1. The van der Waals surface area contributed by atoms with Gasteiger partial charge < -0.3 is 4.57 Å². The molecule has 0 saturated heterocycles. The van der Waals surface area contributed by atoms with Crippen molar-refractivity contribution in [1.82, 2.24) is 24.1 Å². The Bertz CT molecular complexity index is 3680. The van der Waals surface area contributed by atoms with E-state index >= 15 is 0 Å². The van der Waals surface area contributed by atoms with Crippen molar-refractivity contribution in [2.75, 3.05) is 0 Å². The van der Waals surface area contributed by atoms with Gasteiger partial charge in [-0.1, -0.05) is 115 Å². The molecule has 12 rings (SSSR count). The summed E-state index contributed by atoms with van der Waals surface area (Å²) in [6.45, 7) is 0. The smallest absolute Gasteiger partial charge is 0.238 e. The number of fused-ring (bicyclic) bond motifs is 10. The summed E-state index contributed by atoms with van der Waals surface area (Å²) in [6.07, 6.45) is 0. The van der Waals surface area contributed by atoms with Gasteiger partial charge in [-0.05, 0) is 77.9 Å². The molecule has 0 bridgehead atoms. The standard InChI is InChI=1S/C52H30N6S/c53-31-32-21-24-37(25-22-32)57-43-18-7-4-15-38(43)40-26-27-45-48(49(40)57)41-17-5-8-19-44(41)58(45)52-55-50(33-11-2-1-3-12-33)54-51(56-52)36-14-10-13-34(29-36)35-23-28-47-42(30-35)39-16-6-9-20-46(39)59-47/h1-30H. The minimum Gasteiger partial charge on any atom is -0.309 e. The number of benzene rings is 8. The first-order valence-electron chi connectivity index (χ1n) is 19.5. The number of para-hydroxylation sites is 2. The van der Waals surface area contributed by atoms with Gasteiger partial charge in [-0.25, -0.2) is 4.98 Å². The third kappa shape index (κ3) is 5.21. The first-order chi connectivity index (χ1) is 29.2. The third-order valence-electron chi connectivity index (χ3n) is 11.4. The van der Waals surface area contributed by atoms with Gasteiger partial charge in [0.1, 0.15) is 0 Å². The van der Waals surface area contributed by atoms with Gasteiger partial charge in [0.2, 0.25) is 5.95 Å². The van der Waals surface area contributed by atoms with E-state index in [4.69, 9.17) is 15.0 Å². The van der Waals surface area contributed by atoms with Crippen LogP contribution in [-0.2, 0) is 0 Å². The van der Waals surface area contributed by atoms with E-state index in [-0.39, 0.29) is 0 Å².